The molecule has 1 N–H and O–H groups in total. The minimum atomic E-state index is 0.0759. The Bertz CT molecular complexity index is 895. The summed E-state index contributed by atoms with van der Waals surface area (Å²) in [5, 5.41) is 3.95. The molecule has 172 valence electrons. The van der Waals surface area contributed by atoms with Crippen LogP contribution in [0.1, 0.15) is 24.4 Å². The number of likely N-dealkylation sites (tertiary alicyclic amines) is 1. The third kappa shape index (κ3) is 5.55. The molecule has 1 unspecified atom stereocenters. The SMILES string of the molecule is COc1ccccc1N1CCN(CC(=O)NCC(c2ccccc2Cl)N2CCCC2)CC1. The van der Waals surface area contributed by atoms with Crippen molar-refractivity contribution < 1.29 is 9.53 Å². The lowest BCUT2D eigenvalue weighted by atomic mass is 10.1. The summed E-state index contributed by atoms with van der Waals surface area (Å²) in [7, 11) is 1.71. The van der Waals surface area contributed by atoms with E-state index in [-0.39, 0.29) is 11.9 Å². The standard InChI is InChI=1S/C25H33ClN4O2/c1-32-24-11-5-4-10-22(24)30-16-14-28(15-17-30)19-25(31)27-18-23(29-12-6-7-13-29)20-8-2-3-9-21(20)26/h2-5,8-11,23H,6-7,12-19H2,1H3,(H,27,31). The number of anilines is 1. The highest BCUT2D eigenvalue weighted by Gasteiger charge is 2.26. The quantitative estimate of drug-likeness (QED) is 0.659. The predicted octanol–water partition coefficient (Wildman–Crippen LogP) is 3.42. The molecule has 6 nitrogen and oxygen atoms in total. The van der Waals surface area contributed by atoms with Gasteiger partial charge in [0, 0.05) is 37.7 Å². The average molecular weight is 457 g/mol. The molecule has 2 fully saturated rings. The lowest BCUT2D eigenvalue weighted by Gasteiger charge is -2.36. The van der Waals surface area contributed by atoms with Crippen LogP contribution in [0.5, 0.6) is 5.75 Å². The van der Waals surface area contributed by atoms with Crippen LogP contribution in [0.3, 0.4) is 0 Å². The molecule has 0 aromatic heterocycles. The highest BCUT2D eigenvalue weighted by Crippen LogP contribution is 2.30. The first kappa shape index (κ1) is 22.9. The topological polar surface area (TPSA) is 48.1 Å². The van der Waals surface area contributed by atoms with Crippen molar-refractivity contribution >= 4 is 23.2 Å². The van der Waals surface area contributed by atoms with Crippen LogP contribution in [-0.2, 0) is 4.79 Å². The molecule has 0 spiro atoms. The van der Waals surface area contributed by atoms with Crippen molar-refractivity contribution in [2.75, 3.05) is 64.4 Å². The summed E-state index contributed by atoms with van der Waals surface area (Å²) < 4.78 is 5.50. The number of halogens is 1. The van der Waals surface area contributed by atoms with E-state index in [1.165, 1.54) is 12.8 Å². The molecule has 2 aliphatic rings. The molecule has 1 amide bonds. The van der Waals surface area contributed by atoms with Gasteiger partial charge in [-0.1, -0.05) is 41.9 Å². The number of ether oxygens (including phenoxy) is 1. The monoisotopic (exact) mass is 456 g/mol. The normalized spacial score (nSPS) is 18.5. The molecule has 2 aliphatic heterocycles. The van der Waals surface area contributed by atoms with E-state index in [1.807, 2.05) is 36.4 Å². The van der Waals surface area contributed by atoms with E-state index in [0.717, 1.165) is 61.3 Å². The number of para-hydroxylation sites is 2. The van der Waals surface area contributed by atoms with E-state index < -0.39 is 0 Å². The largest absolute Gasteiger partial charge is 0.495 e. The number of nitrogens with one attached hydrogen (secondary N) is 1. The van der Waals surface area contributed by atoms with Crippen LogP contribution in [0.15, 0.2) is 48.5 Å². The van der Waals surface area contributed by atoms with E-state index >= 15 is 0 Å². The van der Waals surface area contributed by atoms with Crippen LogP contribution >= 0.6 is 11.6 Å². The fourth-order valence-corrected chi connectivity index (χ4v) is 5.00. The lowest BCUT2D eigenvalue weighted by molar-refractivity contribution is -0.122. The Labute approximate surface area is 196 Å². The molecule has 32 heavy (non-hydrogen) atoms. The van der Waals surface area contributed by atoms with Crippen LogP contribution in [0.2, 0.25) is 5.02 Å². The highest BCUT2D eigenvalue weighted by atomic mass is 35.5. The Hall–Kier alpha value is -2.28. The van der Waals surface area contributed by atoms with Gasteiger partial charge in [0.15, 0.2) is 0 Å². The first-order valence-corrected chi connectivity index (χ1v) is 11.9. The molecule has 2 aromatic carbocycles. The summed E-state index contributed by atoms with van der Waals surface area (Å²) in [6.07, 6.45) is 2.40. The van der Waals surface area contributed by atoms with Crippen molar-refractivity contribution in [3.63, 3.8) is 0 Å². The summed E-state index contributed by atoms with van der Waals surface area (Å²) in [6.45, 7) is 6.58. The predicted molar refractivity (Wildman–Crippen MR) is 130 cm³/mol. The summed E-state index contributed by atoms with van der Waals surface area (Å²) in [6, 6.07) is 16.2. The number of amides is 1. The Morgan fingerprint density at radius 1 is 1.00 bits per heavy atom. The van der Waals surface area contributed by atoms with E-state index in [9.17, 15) is 4.79 Å². The molecule has 7 heteroatoms. The summed E-state index contributed by atoms with van der Waals surface area (Å²) >= 11 is 6.49. The van der Waals surface area contributed by atoms with Crippen LogP contribution in [-0.4, -0.2) is 75.2 Å². The molecule has 2 aromatic rings. The number of carbonyl (C=O) groups excluding carboxylic acids is 1. The van der Waals surface area contributed by atoms with Crippen LogP contribution in [0, 0.1) is 0 Å². The second-order valence-corrected chi connectivity index (χ2v) is 8.93. The van der Waals surface area contributed by atoms with E-state index in [4.69, 9.17) is 16.3 Å². The van der Waals surface area contributed by atoms with Gasteiger partial charge in [0.2, 0.25) is 5.91 Å². The Kier molecular flexibility index (Phi) is 7.90. The maximum Gasteiger partial charge on any atom is 0.234 e. The maximum atomic E-state index is 12.8. The van der Waals surface area contributed by atoms with E-state index in [2.05, 4.69) is 32.1 Å². The van der Waals surface area contributed by atoms with Crippen molar-refractivity contribution in [1.82, 2.24) is 15.1 Å². The second kappa shape index (κ2) is 11.0. The minimum absolute atomic E-state index is 0.0759. The van der Waals surface area contributed by atoms with E-state index in [1.54, 1.807) is 7.11 Å². The van der Waals surface area contributed by atoms with Gasteiger partial charge in [-0.2, -0.15) is 0 Å². The number of piperazine rings is 1. The Balaban J connectivity index is 1.29. The number of carbonyl (C=O) groups is 1. The molecule has 1 atom stereocenters. The third-order valence-corrected chi connectivity index (χ3v) is 6.85. The van der Waals surface area contributed by atoms with Crippen molar-refractivity contribution in [3.05, 3.63) is 59.1 Å². The fourth-order valence-electron chi connectivity index (χ4n) is 4.74. The first-order valence-electron chi connectivity index (χ1n) is 11.5. The number of nitrogens with zero attached hydrogens (tertiary/aromatic N) is 3. The summed E-state index contributed by atoms with van der Waals surface area (Å²) in [4.78, 5) is 19.8. The number of hydrogen-bond donors (Lipinski definition) is 1. The third-order valence-electron chi connectivity index (χ3n) is 6.50. The van der Waals surface area contributed by atoms with Gasteiger partial charge >= 0.3 is 0 Å². The van der Waals surface area contributed by atoms with Crippen molar-refractivity contribution in [2.24, 2.45) is 0 Å². The van der Waals surface area contributed by atoms with Crippen molar-refractivity contribution in [2.45, 2.75) is 18.9 Å². The number of methoxy groups -OCH3 is 1. The van der Waals surface area contributed by atoms with Gasteiger partial charge in [-0.3, -0.25) is 14.6 Å². The van der Waals surface area contributed by atoms with Gasteiger partial charge < -0.3 is 15.0 Å². The number of benzene rings is 2. The maximum absolute atomic E-state index is 12.8. The molecule has 2 heterocycles. The van der Waals surface area contributed by atoms with Crippen LogP contribution in [0.25, 0.3) is 0 Å². The van der Waals surface area contributed by atoms with Gasteiger partial charge in [0.1, 0.15) is 5.75 Å². The van der Waals surface area contributed by atoms with Gasteiger partial charge in [-0.05, 0) is 49.7 Å². The van der Waals surface area contributed by atoms with Crippen molar-refractivity contribution in [3.8, 4) is 5.75 Å². The minimum Gasteiger partial charge on any atom is -0.495 e. The van der Waals surface area contributed by atoms with Gasteiger partial charge in [-0.15, -0.1) is 0 Å². The molecular formula is C25H33ClN4O2. The molecule has 2 saturated heterocycles. The molecule has 0 aliphatic carbocycles. The molecule has 0 saturated carbocycles. The van der Waals surface area contributed by atoms with E-state index in [0.29, 0.717) is 13.1 Å². The molecule has 0 bridgehead atoms. The smallest absolute Gasteiger partial charge is 0.234 e. The zero-order chi connectivity index (χ0) is 22.3. The molecular weight excluding hydrogens is 424 g/mol. The Morgan fingerprint density at radius 3 is 2.41 bits per heavy atom. The number of rotatable bonds is 8. The van der Waals surface area contributed by atoms with Gasteiger partial charge in [0.25, 0.3) is 0 Å². The van der Waals surface area contributed by atoms with Gasteiger partial charge in [-0.25, -0.2) is 0 Å². The first-order chi connectivity index (χ1) is 15.7. The number of hydrogen-bond acceptors (Lipinski definition) is 5. The van der Waals surface area contributed by atoms with Crippen LogP contribution in [0.4, 0.5) is 5.69 Å². The highest BCUT2D eigenvalue weighted by molar-refractivity contribution is 6.31. The average Bonchev–Trinajstić information content (AvgIpc) is 3.35. The van der Waals surface area contributed by atoms with Crippen LogP contribution < -0.4 is 15.0 Å². The summed E-state index contributed by atoms with van der Waals surface area (Å²) in [5.41, 5.74) is 2.22. The second-order valence-electron chi connectivity index (χ2n) is 8.52. The van der Waals surface area contributed by atoms with Crippen molar-refractivity contribution in [1.29, 1.82) is 0 Å². The zero-order valence-corrected chi connectivity index (χ0v) is 19.6. The fraction of sp³-hybridized carbons (Fsp3) is 0.480. The molecule has 0 radical (unpaired) electrons. The molecule has 4 rings (SSSR count). The lowest BCUT2D eigenvalue weighted by Crippen LogP contribution is -2.50. The Morgan fingerprint density at radius 2 is 1.69 bits per heavy atom. The zero-order valence-electron chi connectivity index (χ0n) is 18.8. The summed E-state index contributed by atoms with van der Waals surface area (Å²) in [5.74, 6) is 0.971. The van der Waals surface area contributed by atoms with Gasteiger partial charge in [0.05, 0.1) is 25.4 Å².